The number of hydrogen-bond donors (Lipinski definition) is 3. The summed E-state index contributed by atoms with van der Waals surface area (Å²) >= 11 is 0. The van der Waals surface area contributed by atoms with E-state index in [1.807, 2.05) is 13.8 Å². The summed E-state index contributed by atoms with van der Waals surface area (Å²) in [4.78, 5) is 12.5. The van der Waals surface area contributed by atoms with Gasteiger partial charge in [-0.2, -0.15) is 0 Å². The first-order valence-corrected chi connectivity index (χ1v) is 6.89. The van der Waals surface area contributed by atoms with Gasteiger partial charge in [0.2, 0.25) is 5.91 Å². The summed E-state index contributed by atoms with van der Waals surface area (Å²) < 4.78 is 0. The van der Waals surface area contributed by atoms with E-state index in [1.165, 1.54) is 6.42 Å². The molecular formula is C13H25N3O2. The van der Waals surface area contributed by atoms with Crippen LogP contribution in [0.5, 0.6) is 0 Å². The number of carbonyl (C=O) groups excluding carboxylic acids is 1. The van der Waals surface area contributed by atoms with E-state index in [4.69, 9.17) is 10.9 Å². The van der Waals surface area contributed by atoms with Gasteiger partial charge in [0.05, 0.1) is 0 Å². The maximum Gasteiger partial charge on any atom is 0.234 e. The van der Waals surface area contributed by atoms with Crippen molar-refractivity contribution >= 4 is 11.7 Å². The normalized spacial score (nSPS) is 17.3. The highest BCUT2D eigenvalue weighted by molar-refractivity contribution is 6.06. The molecule has 0 unspecified atom stereocenters. The van der Waals surface area contributed by atoms with Crippen LogP contribution in [0.3, 0.4) is 0 Å². The van der Waals surface area contributed by atoms with Gasteiger partial charge in [0, 0.05) is 6.04 Å². The van der Waals surface area contributed by atoms with Crippen LogP contribution in [0.4, 0.5) is 0 Å². The van der Waals surface area contributed by atoms with Crippen molar-refractivity contribution in [2.75, 3.05) is 0 Å². The van der Waals surface area contributed by atoms with Crippen LogP contribution in [0.1, 0.15) is 58.8 Å². The summed E-state index contributed by atoms with van der Waals surface area (Å²) in [5, 5.41) is 15.1. The van der Waals surface area contributed by atoms with Crippen molar-refractivity contribution in [2.24, 2.45) is 16.3 Å². The molecule has 1 fully saturated rings. The van der Waals surface area contributed by atoms with Crippen LogP contribution < -0.4 is 11.1 Å². The summed E-state index contributed by atoms with van der Waals surface area (Å²) in [5.41, 5.74) is 4.96. The van der Waals surface area contributed by atoms with Crippen LogP contribution in [-0.2, 0) is 4.79 Å². The molecule has 0 atom stereocenters. The maximum atomic E-state index is 12.5. The molecule has 1 rings (SSSR count). The second kappa shape index (κ2) is 6.61. The number of amidine groups is 1. The van der Waals surface area contributed by atoms with Crippen molar-refractivity contribution in [2.45, 2.75) is 64.8 Å². The predicted octanol–water partition coefficient (Wildman–Crippen LogP) is 1.99. The van der Waals surface area contributed by atoms with E-state index in [-0.39, 0.29) is 17.8 Å². The van der Waals surface area contributed by atoms with Crippen molar-refractivity contribution in [3.63, 3.8) is 0 Å². The molecule has 5 heteroatoms. The summed E-state index contributed by atoms with van der Waals surface area (Å²) in [7, 11) is 0. The minimum absolute atomic E-state index is 0.0445. The highest BCUT2D eigenvalue weighted by Crippen LogP contribution is 2.32. The quantitative estimate of drug-likeness (QED) is 0.281. The number of nitrogens with zero attached hydrogens (tertiary/aromatic N) is 1. The third kappa shape index (κ3) is 2.94. The highest BCUT2D eigenvalue weighted by atomic mass is 16.4. The number of nitrogens with two attached hydrogens (primary N) is 1. The van der Waals surface area contributed by atoms with E-state index in [9.17, 15) is 4.79 Å². The molecule has 0 saturated heterocycles. The standard InChI is InChI=1S/C13H25N3O2/c1-3-8-13(9-4-2,11(14)16-18)12(17)15-10-6-5-7-10/h10,18H,3-9H2,1-2H3,(H2,14,16)(H,15,17). The molecule has 1 aliphatic carbocycles. The molecule has 0 spiro atoms. The van der Waals surface area contributed by atoms with Crippen LogP contribution in [0.2, 0.25) is 0 Å². The lowest BCUT2D eigenvalue weighted by molar-refractivity contribution is -0.129. The van der Waals surface area contributed by atoms with Gasteiger partial charge < -0.3 is 16.3 Å². The molecule has 5 nitrogen and oxygen atoms in total. The van der Waals surface area contributed by atoms with Crippen LogP contribution >= 0.6 is 0 Å². The Hall–Kier alpha value is -1.26. The number of nitrogens with one attached hydrogen (secondary N) is 1. The Balaban J connectivity index is 2.87. The molecule has 1 saturated carbocycles. The van der Waals surface area contributed by atoms with Gasteiger partial charge in [-0.05, 0) is 32.1 Å². The summed E-state index contributed by atoms with van der Waals surface area (Å²) in [5.74, 6) is -0.0331. The fraction of sp³-hybridized carbons (Fsp3) is 0.846. The van der Waals surface area contributed by atoms with Crippen LogP contribution in [0.15, 0.2) is 5.16 Å². The number of rotatable bonds is 7. The molecule has 0 aliphatic heterocycles. The number of carbonyl (C=O) groups is 1. The summed E-state index contributed by atoms with van der Waals surface area (Å²) in [6.07, 6.45) is 6.14. The van der Waals surface area contributed by atoms with Crippen LogP contribution in [-0.4, -0.2) is 23.0 Å². The zero-order chi connectivity index (χ0) is 13.6. The van der Waals surface area contributed by atoms with Gasteiger partial charge in [0.25, 0.3) is 0 Å². The molecule has 0 aromatic rings. The molecule has 4 N–H and O–H groups in total. The largest absolute Gasteiger partial charge is 0.409 e. The first-order valence-electron chi connectivity index (χ1n) is 6.89. The average molecular weight is 255 g/mol. The number of amides is 1. The topological polar surface area (TPSA) is 87.7 Å². The predicted molar refractivity (Wildman–Crippen MR) is 71.4 cm³/mol. The van der Waals surface area contributed by atoms with Gasteiger partial charge in [-0.3, -0.25) is 4.79 Å². The molecule has 0 bridgehead atoms. The molecule has 0 aromatic heterocycles. The van der Waals surface area contributed by atoms with E-state index in [2.05, 4.69) is 10.5 Å². The molecular weight excluding hydrogens is 230 g/mol. The minimum Gasteiger partial charge on any atom is -0.409 e. The van der Waals surface area contributed by atoms with E-state index in [1.54, 1.807) is 0 Å². The Bertz CT molecular complexity index is 305. The summed E-state index contributed by atoms with van der Waals surface area (Å²) in [6.45, 7) is 4.01. The van der Waals surface area contributed by atoms with Crippen LogP contribution in [0, 0.1) is 5.41 Å². The second-order valence-electron chi connectivity index (χ2n) is 5.17. The lowest BCUT2D eigenvalue weighted by Gasteiger charge is -2.35. The highest BCUT2D eigenvalue weighted by Gasteiger charge is 2.42. The Morgan fingerprint density at radius 3 is 2.28 bits per heavy atom. The van der Waals surface area contributed by atoms with Crippen molar-refractivity contribution < 1.29 is 10.0 Å². The lowest BCUT2D eigenvalue weighted by Crippen LogP contribution is -2.53. The van der Waals surface area contributed by atoms with E-state index < -0.39 is 5.41 Å². The van der Waals surface area contributed by atoms with E-state index >= 15 is 0 Å². The number of oxime groups is 1. The van der Waals surface area contributed by atoms with Crippen molar-refractivity contribution in [1.82, 2.24) is 5.32 Å². The van der Waals surface area contributed by atoms with Crippen molar-refractivity contribution in [3.8, 4) is 0 Å². The number of hydrogen-bond acceptors (Lipinski definition) is 3. The van der Waals surface area contributed by atoms with Crippen LogP contribution in [0.25, 0.3) is 0 Å². The second-order valence-corrected chi connectivity index (χ2v) is 5.17. The van der Waals surface area contributed by atoms with E-state index in [0.29, 0.717) is 12.8 Å². The Kier molecular flexibility index (Phi) is 5.44. The molecule has 1 aliphatic rings. The van der Waals surface area contributed by atoms with Gasteiger partial charge in [0.1, 0.15) is 5.41 Å². The molecule has 0 radical (unpaired) electrons. The minimum atomic E-state index is -0.839. The third-order valence-electron chi connectivity index (χ3n) is 3.83. The lowest BCUT2D eigenvalue weighted by atomic mass is 9.76. The first kappa shape index (κ1) is 14.8. The fourth-order valence-corrected chi connectivity index (χ4v) is 2.55. The zero-order valence-corrected chi connectivity index (χ0v) is 11.4. The van der Waals surface area contributed by atoms with Gasteiger partial charge in [-0.25, -0.2) is 0 Å². The third-order valence-corrected chi connectivity index (χ3v) is 3.83. The SMILES string of the molecule is CCCC(CCC)(C(=O)NC1CCC1)C(N)=NO. The van der Waals surface area contributed by atoms with Gasteiger partial charge >= 0.3 is 0 Å². The van der Waals surface area contributed by atoms with Crippen molar-refractivity contribution in [1.29, 1.82) is 0 Å². The Morgan fingerprint density at radius 1 is 1.39 bits per heavy atom. The first-order chi connectivity index (χ1) is 8.60. The molecule has 0 heterocycles. The maximum absolute atomic E-state index is 12.5. The monoisotopic (exact) mass is 255 g/mol. The summed E-state index contributed by atoms with van der Waals surface area (Å²) in [6, 6.07) is 0.275. The van der Waals surface area contributed by atoms with Gasteiger partial charge in [0.15, 0.2) is 5.84 Å². The van der Waals surface area contributed by atoms with Gasteiger partial charge in [-0.15, -0.1) is 0 Å². The van der Waals surface area contributed by atoms with Gasteiger partial charge in [-0.1, -0.05) is 31.8 Å². The van der Waals surface area contributed by atoms with Crippen molar-refractivity contribution in [3.05, 3.63) is 0 Å². The smallest absolute Gasteiger partial charge is 0.234 e. The zero-order valence-electron chi connectivity index (χ0n) is 11.4. The molecule has 104 valence electrons. The Labute approximate surface area is 109 Å². The van der Waals surface area contributed by atoms with E-state index in [0.717, 1.165) is 25.7 Å². The molecule has 0 aromatic carbocycles. The fourth-order valence-electron chi connectivity index (χ4n) is 2.55. The molecule has 1 amide bonds. The Morgan fingerprint density at radius 2 is 1.94 bits per heavy atom. The average Bonchev–Trinajstić information content (AvgIpc) is 2.32. The molecule has 18 heavy (non-hydrogen) atoms.